The Balaban J connectivity index is 1.38. The molecule has 30 heavy (non-hydrogen) atoms. The second kappa shape index (κ2) is 10.7. The van der Waals surface area contributed by atoms with E-state index in [-0.39, 0.29) is 17.9 Å². The number of nitrogens with zero attached hydrogens (tertiary/aromatic N) is 2. The first-order chi connectivity index (χ1) is 14.4. The van der Waals surface area contributed by atoms with E-state index < -0.39 is 0 Å². The predicted octanol–water partition coefficient (Wildman–Crippen LogP) is 2.67. The van der Waals surface area contributed by atoms with Gasteiger partial charge in [0, 0.05) is 43.3 Å². The van der Waals surface area contributed by atoms with Gasteiger partial charge in [-0.15, -0.1) is 11.3 Å². The second-order valence-corrected chi connectivity index (χ2v) is 8.94. The molecule has 3 rings (SSSR count). The minimum absolute atomic E-state index is 0.0107. The number of amides is 2. The minimum Gasteiger partial charge on any atom is -0.354 e. The van der Waals surface area contributed by atoms with Gasteiger partial charge in [0.25, 0.3) is 0 Å². The van der Waals surface area contributed by atoms with E-state index in [1.165, 1.54) is 10.4 Å². The van der Waals surface area contributed by atoms with Crippen molar-refractivity contribution in [1.82, 2.24) is 15.1 Å². The molecule has 2 N–H and O–H groups in total. The van der Waals surface area contributed by atoms with Gasteiger partial charge in [-0.3, -0.25) is 19.4 Å². The Bertz CT molecular complexity index is 845. The molecule has 0 radical (unpaired) electrons. The molecule has 0 unspecified atom stereocenters. The van der Waals surface area contributed by atoms with Gasteiger partial charge in [-0.2, -0.15) is 0 Å². The van der Waals surface area contributed by atoms with Crippen molar-refractivity contribution < 1.29 is 9.59 Å². The van der Waals surface area contributed by atoms with Crippen molar-refractivity contribution in [3.63, 3.8) is 0 Å². The lowest BCUT2D eigenvalue weighted by Crippen LogP contribution is -2.54. The SMILES string of the molecule is Cc1cccc(NC(=O)CN2CCN([C@@H](C)C(=O)NCCc3cccs3)CC2)c1C. The van der Waals surface area contributed by atoms with E-state index in [1.807, 2.05) is 45.0 Å². The monoisotopic (exact) mass is 428 g/mol. The fourth-order valence-corrected chi connectivity index (χ4v) is 4.37. The van der Waals surface area contributed by atoms with Crippen LogP contribution in [0.5, 0.6) is 0 Å². The lowest BCUT2D eigenvalue weighted by atomic mass is 10.1. The molecule has 0 saturated carbocycles. The number of benzene rings is 1. The highest BCUT2D eigenvalue weighted by Gasteiger charge is 2.26. The van der Waals surface area contributed by atoms with E-state index in [2.05, 4.69) is 31.9 Å². The van der Waals surface area contributed by atoms with Crippen LogP contribution in [-0.2, 0) is 16.0 Å². The number of thiophene rings is 1. The zero-order valence-corrected chi connectivity index (χ0v) is 18.9. The third-order valence-corrected chi connectivity index (χ3v) is 6.77. The zero-order valence-electron chi connectivity index (χ0n) is 18.1. The molecule has 2 amide bonds. The van der Waals surface area contributed by atoms with Gasteiger partial charge in [-0.25, -0.2) is 0 Å². The number of rotatable bonds is 8. The lowest BCUT2D eigenvalue weighted by molar-refractivity contribution is -0.127. The summed E-state index contributed by atoms with van der Waals surface area (Å²) in [5, 5.41) is 8.13. The first kappa shape index (κ1) is 22.5. The maximum absolute atomic E-state index is 12.5. The Morgan fingerprint density at radius 1 is 1.10 bits per heavy atom. The van der Waals surface area contributed by atoms with Crippen LogP contribution in [0.2, 0.25) is 0 Å². The van der Waals surface area contributed by atoms with Gasteiger partial charge in [0.2, 0.25) is 11.8 Å². The van der Waals surface area contributed by atoms with Gasteiger partial charge >= 0.3 is 0 Å². The number of hydrogen-bond acceptors (Lipinski definition) is 5. The number of carbonyl (C=O) groups is 2. The van der Waals surface area contributed by atoms with E-state index in [0.29, 0.717) is 13.1 Å². The van der Waals surface area contributed by atoms with Crippen molar-refractivity contribution in [1.29, 1.82) is 0 Å². The Morgan fingerprint density at radius 3 is 2.57 bits per heavy atom. The molecule has 2 aromatic rings. The maximum atomic E-state index is 12.5. The van der Waals surface area contributed by atoms with Crippen molar-refractivity contribution >= 4 is 28.8 Å². The highest BCUT2D eigenvalue weighted by Crippen LogP contribution is 2.18. The smallest absolute Gasteiger partial charge is 0.238 e. The highest BCUT2D eigenvalue weighted by molar-refractivity contribution is 7.09. The van der Waals surface area contributed by atoms with Gasteiger partial charge in [-0.1, -0.05) is 18.2 Å². The molecule has 0 bridgehead atoms. The summed E-state index contributed by atoms with van der Waals surface area (Å²) in [7, 11) is 0. The van der Waals surface area contributed by atoms with Gasteiger partial charge in [-0.05, 0) is 55.8 Å². The third kappa shape index (κ3) is 6.14. The van der Waals surface area contributed by atoms with Crippen molar-refractivity contribution in [2.24, 2.45) is 0 Å². The molecular weight excluding hydrogens is 396 g/mol. The lowest BCUT2D eigenvalue weighted by Gasteiger charge is -2.37. The summed E-state index contributed by atoms with van der Waals surface area (Å²) in [6.45, 7) is 10.2. The highest BCUT2D eigenvalue weighted by atomic mass is 32.1. The summed E-state index contributed by atoms with van der Waals surface area (Å²) < 4.78 is 0. The summed E-state index contributed by atoms with van der Waals surface area (Å²) in [5.41, 5.74) is 3.16. The van der Waals surface area contributed by atoms with Gasteiger partial charge in [0.05, 0.1) is 12.6 Å². The molecule has 1 aromatic carbocycles. The fourth-order valence-electron chi connectivity index (χ4n) is 3.67. The topological polar surface area (TPSA) is 64.7 Å². The van der Waals surface area contributed by atoms with E-state index >= 15 is 0 Å². The van der Waals surface area contributed by atoms with Crippen LogP contribution in [0.3, 0.4) is 0 Å². The number of aryl methyl sites for hydroxylation is 1. The molecule has 1 atom stereocenters. The van der Waals surface area contributed by atoms with Crippen molar-refractivity contribution in [2.75, 3.05) is 44.6 Å². The summed E-state index contributed by atoms with van der Waals surface area (Å²) in [6, 6.07) is 9.92. The van der Waals surface area contributed by atoms with E-state index in [0.717, 1.165) is 43.9 Å². The average Bonchev–Trinajstić information content (AvgIpc) is 3.25. The molecule has 2 heterocycles. The number of anilines is 1. The van der Waals surface area contributed by atoms with Crippen molar-refractivity contribution in [3.05, 3.63) is 51.7 Å². The van der Waals surface area contributed by atoms with Gasteiger partial charge in [0.1, 0.15) is 0 Å². The molecular formula is C23H32N4O2S. The largest absolute Gasteiger partial charge is 0.354 e. The third-order valence-electron chi connectivity index (χ3n) is 5.83. The summed E-state index contributed by atoms with van der Waals surface area (Å²) >= 11 is 1.72. The Hall–Kier alpha value is -2.22. The number of hydrogen-bond donors (Lipinski definition) is 2. The average molecular weight is 429 g/mol. The number of carbonyl (C=O) groups excluding carboxylic acids is 2. The fraction of sp³-hybridized carbons (Fsp3) is 0.478. The second-order valence-electron chi connectivity index (χ2n) is 7.90. The molecule has 7 heteroatoms. The zero-order chi connectivity index (χ0) is 21.5. The molecule has 1 fully saturated rings. The van der Waals surface area contributed by atoms with Crippen molar-refractivity contribution in [2.45, 2.75) is 33.2 Å². The Morgan fingerprint density at radius 2 is 1.87 bits per heavy atom. The van der Waals surface area contributed by atoms with E-state index in [4.69, 9.17) is 0 Å². The van der Waals surface area contributed by atoms with Crippen molar-refractivity contribution in [3.8, 4) is 0 Å². The van der Waals surface area contributed by atoms with Gasteiger partial charge in [0.15, 0.2) is 0 Å². The van der Waals surface area contributed by atoms with Crippen LogP contribution < -0.4 is 10.6 Å². The normalized spacial score (nSPS) is 16.2. The van der Waals surface area contributed by atoms with Crippen LogP contribution in [0.15, 0.2) is 35.7 Å². The summed E-state index contributed by atoms with van der Waals surface area (Å²) in [6.07, 6.45) is 0.874. The predicted molar refractivity (Wildman–Crippen MR) is 123 cm³/mol. The van der Waals surface area contributed by atoms with Crippen LogP contribution in [0.1, 0.15) is 22.9 Å². The van der Waals surface area contributed by atoms with E-state index in [9.17, 15) is 9.59 Å². The molecule has 1 saturated heterocycles. The quantitative estimate of drug-likeness (QED) is 0.679. The first-order valence-electron chi connectivity index (χ1n) is 10.6. The Kier molecular flexibility index (Phi) is 8.01. The molecule has 0 spiro atoms. The molecule has 1 aliphatic heterocycles. The molecule has 1 aliphatic rings. The summed E-state index contributed by atoms with van der Waals surface area (Å²) in [5.74, 6) is 0.0872. The Labute approximate surface area is 183 Å². The number of nitrogens with one attached hydrogen (secondary N) is 2. The first-order valence-corrected chi connectivity index (χ1v) is 11.4. The molecule has 1 aromatic heterocycles. The standard InChI is InChI=1S/C23H32N4O2S/c1-17-6-4-8-21(18(17)2)25-22(28)16-26-11-13-27(14-12-26)19(3)23(29)24-10-9-20-7-5-15-30-20/h4-8,15,19H,9-14,16H2,1-3H3,(H,24,29)(H,25,28)/t19-/m0/s1. The molecule has 6 nitrogen and oxygen atoms in total. The van der Waals surface area contributed by atoms with Crippen LogP contribution in [0, 0.1) is 13.8 Å². The number of piperazine rings is 1. The van der Waals surface area contributed by atoms with Crippen LogP contribution >= 0.6 is 11.3 Å². The molecule has 162 valence electrons. The van der Waals surface area contributed by atoms with Crippen LogP contribution in [0.4, 0.5) is 5.69 Å². The van der Waals surface area contributed by atoms with Crippen LogP contribution in [0.25, 0.3) is 0 Å². The maximum Gasteiger partial charge on any atom is 0.238 e. The molecule has 0 aliphatic carbocycles. The van der Waals surface area contributed by atoms with E-state index in [1.54, 1.807) is 11.3 Å². The minimum atomic E-state index is -0.153. The van der Waals surface area contributed by atoms with Crippen LogP contribution in [-0.4, -0.2) is 66.9 Å². The van der Waals surface area contributed by atoms with Gasteiger partial charge < -0.3 is 10.6 Å². The summed E-state index contributed by atoms with van der Waals surface area (Å²) in [4.78, 5) is 30.6.